The monoisotopic (exact) mass is 208 g/mol. The van der Waals surface area contributed by atoms with Gasteiger partial charge in [-0.25, -0.2) is 0 Å². The Kier molecular flexibility index (Phi) is 1.88. The molecule has 0 unspecified atom stereocenters. The van der Waals surface area contributed by atoms with Crippen LogP contribution in [0.5, 0.6) is 0 Å². The lowest BCUT2D eigenvalue weighted by Crippen LogP contribution is -2.58. The van der Waals surface area contributed by atoms with Crippen LogP contribution in [0.15, 0.2) is 12.7 Å². The van der Waals surface area contributed by atoms with E-state index in [4.69, 9.17) is 9.47 Å². The molecule has 4 rings (SSSR count). The highest BCUT2D eigenvalue weighted by molar-refractivity contribution is 5.22. The lowest BCUT2D eigenvalue weighted by molar-refractivity contribution is -0.104. The standard InChI is InChI=1S/C13H20O2/c1-4-5-14-8-13-10-6-9(12(10,2)3)7-11(13)15-13/h4,9-11H,1,5-8H2,2-3H3/t9-,10-,11+,13-/m1/s1. The fourth-order valence-electron chi connectivity index (χ4n) is 3.82. The molecule has 84 valence electrons. The van der Waals surface area contributed by atoms with Crippen LogP contribution in [0.25, 0.3) is 0 Å². The molecule has 4 fully saturated rings. The Morgan fingerprint density at radius 1 is 1.47 bits per heavy atom. The van der Waals surface area contributed by atoms with Crippen molar-refractivity contribution in [3.05, 3.63) is 12.7 Å². The molecule has 0 aromatic carbocycles. The molecule has 4 atom stereocenters. The van der Waals surface area contributed by atoms with Crippen LogP contribution in [-0.4, -0.2) is 24.9 Å². The van der Waals surface area contributed by atoms with Crippen LogP contribution < -0.4 is 0 Å². The van der Waals surface area contributed by atoms with Crippen molar-refractivity contribution in [2.45, 2.75) is 38.4 Å². The molecular weight excluding hydrogens is 188 g/mol. The average Bonchev–Trinajstić information content (AvgIpc) is 2.91. The van der Waals surface area contributed by atoms with Gasteiger partial charge in [-0.05, 0) is 30.1 Å². The quantitative estimate of drug-likeness (QED) is 0.402. The van der Waals surface area contributed by atoms with Crippen molar-refractivity contribution in [2.75, 3.05) is 13.2 Å². The molecule has 2 nitrogen and oxygen atoms in total. The van der Waals surface area contributed by atoms with E-state index in [1.54, 1.807) is 0 Å². The van der Waals surface area contributed by atoms with E-state index in [0.717, 1.165) is 18.4 Å². The van der Waals surface area contributed by atoms with Crippen molar-refractivity contribution in [2.24, 2.45) is 17.3 Å². The molecule has 2 heteroatoms. The van der Waals surface area contributed by atoms with E-state index in [2.05, 4.69) is 20.4 Å². The van der Waals surface area contributed by atoms with E-state index < -0.39 is 0 Å². The predicted molar refractivity (Wildman–Crippen MR) is 58.6 cm³/mol. The van der Waals surface area contributed by atoms with Gasteiger partial charge < -0.3 is 9.47 Å². The number of epoxide rings is 1. The summed E-state index contributed by atoms with van der Waals surface area (Å²) in [6, 6.07) is 0. The van der Waals surface area contributed by atoms with Crippen LogP contribution in [0.1, 0.15) is 26.7 Å². The van der Waals surface area contributed by atoms with Crippen LogP contribution in [0.3, 0.4) is 0 Å². The smallest absolute Gasteiger partial charge is 0.121 e. The van der Waals surface area contributed by atoms with E-state index in [1.165, 1.54) is 12.8 Å². The molecular formula is C13H20O2. The molecule has 1 heterocycles. The molecule has 15 heavy (non-hydrogen) atoms. The van der Waals surface area contributed by atoms with E-state index >= 15 is 0 Å². The summed E-state index contributed by atoms with van der Waals surface area (Å²) in [5.74, 6) is 1.61. The maximum atomic E-state index is 5.94. The molecule has 1 saturated heterocycles. The summed E-state index contributed by atoms with van der Waals surface area (Å²) in [5, 5.41) is 0. The first-order chi connectivity index (χ1) is 7.11. The van der Waals surface area contributed by atoms with Crippen LogP contribution in [-0.2, 0) is 9.47 Å². The van der Waals surface area contributed by atoms with Gasteiger partial charge >= 0.3 is 0 Å². The first-order valence-electron chi connectivity index (χ1n) is 5.97. The second kappa shape index (κ2) is 2.86. The highest BCUT2D eigenvalue weighted by atomic mass is 16.6. The van der Waals surface area contributed by atoms with E-state index in [1.807, 2.05) is 6.08 Å². The molecule has 0 radical (unpaired) electrons. The van der Waals surface area contributed by atoms with E-state index in [0.29, 0.717) is 18.1 Å². The van der Waals surface area contributed by atoms with Crippen LogP contribution >= 0.6 is 0 Å². The Labute approximate surface area is 91.6 Å². The molecule has 3 aliphatic carbocycles. The topological polar surface area (TPSA) is 21.8 Å². The fourth-order valence-corrected chi connectivity index (χ4v) is 3.82. The number of hydrogen-bond acceptors (Lipinski definition) is 2. The number of hydrogen-bond donors (Lipinski definition) is 0. The Bertz CT molecular complexity index is 297. The molecule has 2 bridgehead atoms. The lowest BCUT2D eigenvalue weighted by atomic mass is 9.45. The molecule has 0 aromatic heterocycles. The molecule has 3 saturated carbocycles. The summed E-state index contributed by atoms with van der Waals surface area (Å²) >= 11 is 0. The minimum absolute atomic E-state index is 0.0846. The fraction of sp³-hybridized carbons (Fsp3) is 0.846. The van der Waals surface area contributed by atoms with Gasteiger partial charge in [-0.2, -0.15) is 0 Å². The lowest BCUT2D eigenvalue weighted by Gasteiger charge is -2.57. The van der Waals surface area contributed by atoms with Crippen molar-refractivity contribution in [1.82, 2.24) is 0 Å². The SMILES string of the molecule is C=CCOC[C@]12O[C@H]1C[C@H]1C[C@@H]2C1(C)C. The Balaban J connectivity index is 1.70. The molecule has 1 aliphatic heterocycles. The third-order valence-electron chi connectivity index (χ3n) is 4.97. The number of ether oxygens (including phenoxy) is 2. The normalized spacial score (nSPS) is 49.1. The largest absolute Gasteiger partial charge is 0.374 e. The van der Waals surface area contributed by atoms with Gasteiger partial charge in [0, 0.05) is 0 Å². The second-order valence-electron chi connectivity index (χ2n) is 5.91. The molecule has 0 N–H and O–H groups in total. The zero-order chi connectivity index (χ0) is 10.7. The van der Waals surface area contributed by atoms with Crippen LogP contribution in [0.4, 0.5) is 0 Å². The van der Waals surface area contributed by atoms with E-state index in [9.17, 15) is 0 Å². The highest BCUT2D eigenvalue weighted by Crippen LogP contribution is 2.70. The molecule has 0 aromatic rings. The Morgan fingerprint density at radius 2 is 2.27 bits per heavy atom. The second-order valence-corrected chi connectivity index (χ2v) is 5.91. The first-order valence-corrected chi connectivity index (χ1v) is 5.97. The number of rotatable bonds is 4. The molecule has 0 amide bonds. The van der Waals surface area contributed by atoms with Crippen LogP contribution in [0, 0.1) is 17.3 Å². The minimum atomic E-state index is 0.0846. The molecule has 0 spiro atoms. The molecule has 4 aliphatic rings. The van der Waals surface area contributed by atoms with E-state index in [-0.39, 0.29) is 5.60 Å². The predicted octanol–water partition coefficient (Wildman–Crippen LogP) is 2.39. The zero-order valence-electron chi connectivity index (χ0n) is 9.66. The maximum Gasteiger partial charge on any atom is 0.121 e. The maximum absolute atomic E-state index is 5.94. The van der Waals surface area contributed by atoms with Gasteiger partial charge in [-0.15, -0.1) is 6.58 Å². The Morgan fingerprint density at radius 3 is 2.93 bits per heavy atom. The average molecular weight is 208 g/mol. The van der Waals surface area contributed by atoms with Gasteiger partial charge in [-0.1, -0.05) is 19.9 Å². The third kappa shape index (κ3) is 1.12. The van der Waals surface area contributed by atoms with Crippen molar-refractivity contribution in [1.29, 1.82) is 0 Å². The van der Waals surface area contributed by atoms with Gasteiger partial charge in [0.15, 0.2) is 0 Å². The summed E-state index contributed by atoms with van der Waals surface area (Å²) in [6.45, 7) is 9.86. The van der Waals surface area contributed by atoms with Gasteiger partial charge in [0.1, 0.15) is 5.60 Å². The summed E-state index contributed by atoms with van der Waals surface area (Å²) in [4.78, 5) is 0. The van der Waals surface area contributed by atoms with Crippen molar-refractivity contribution in [3.63, 3.8) is 0 Å². The summed E-state index contributed by atoms with van der Waals surface area (Å²) in [7, 11) is 0. The van der Waals surface area contributed by atoms with Crippen molar-refractivity contribution in [3.8, 4) is 0 Å². The van der Waals surface area contributed by atoms with Crippen molar-refractivity contribution >= 4 is 0 Å². The van der Waals surface area contributed by atoms with Gasteiger partial charge in [0.25, 0.3) is 0 Å². The Hall–Kier alpha value is -0.340. The van der Waals surface area contributed by atoms with Gasteiger partial charge in [-0.3, -0.25) is 0 Å². The van der Waals surface area contributed by atoms with Gasteiger partial charge in [0.05, 0.1) is 19.3 Å². The van der Waals surface area contributed by atoms with Crippen molar-refractivity contribution < 1.29 is 9.47 Å². The summed E-state index contributed by atoms with van der Waals surface area (Å²) in [5.41, 5.74) is 0.561. The van der Waals surface area contributed by atoms with Crippen LogP contribution in [0.2, 0.25) is 0 Å². The summed E-state index contributed by atoms with van der Waals surface area (Å²) in [6.07, 6.45) is 4.91. The zero-order valence-corrected chi connectivity index (χ0v) is 9.66. The third-order valence-corrected chi connectivity index (χ3v) is 4.97. The minimum Gasteiger partial charge on any atom is -0.374 e. The summed E-state index contributed by atoms with van der Waals surface area (Å²) < 4.78 is 11.6. The highest BCUT2D eigenvalue weighted by Gasteiger charge is 2.74. The van der Waals surface area contributed by atoms with Gasteiger partial charge in [0.2, 0.25) is 0 Å². The first kappa shape index (κ1) is 9.86.